The van der Waals surface area contributed by atoms with E-state index in [9.17, 15) is 14.4 Å². The second kappa shape index (κ2) is 11.3. The molecular formula is C22H26N2O4S. The smallest absolute Gasteiger partial charge is 0.329 e. The molecule has 2 amide bonds. The van der Waals surface area contributed by atoms with Crippen LogP contribution in [0.2, 0.25) is 0 Å². The molecule has 0 radical (unpaired) electrons. The van der Waals surface area contributed by atoms with Crippen LogP contribution in [0, 0.1) is 13.8 Å². The van der Waals surface area contributed by atoms with Crippen LogP contribution in [-0.4, -0.2) is 42.4 Å². The molecule has 0 aromatic heterocycles. The molecule has 7 heteroatoms. The third-order valence-electron chi connectivity index (χ3n) is 4.46. The highest BCUT2D eigenvalue weighted by Gasteiger charge is 2.23. The minimum atomic E-state index is -0.816. The Bertz CT molecular complexity index is 855. The summed E-state index contributed by atoms with van der Waals surface area (Å²) >= 11 is 1.56. The molecule has 6 nitrogen and oxygen atoms in total. The SMILES string of the molecule is CSCC[C@@H](NC(=O)c1ccccc1)C(=O)OCC(=O)Nc1cccc(C)c1C. The standard InChI is InChI=1S/C22H26N2O4S/c1-15-8-7-11-18(16(15)2)23-20(25)14-28-22(27)19(12-13-29-3)24-21(26)17-9-5-4-6-10-17/h4-11,19H,12-14H2,1-3H3,(H,23,25)(H,24,26)/t19-/m1/s1. The quantitative estimate of drug-likeness (QED) is 0.615. The number of esters is 1. The molecule has 0 bridgehead atoms. The lowest BCUT2D eigenvalue weighted by atomic mass is 10.1. The third-order valence-corrected chi connectivity index (χ3v) is 5.10. The molecule has 0 fully saturated rings. The fourth-order valence-electron chi connectivity index (χ4n) is 2.63. The number of benzene rings is 2. The van der Waals surface area contributed by atoms with E-state index in [4.69, 9.17) is 4.74 Å². The highest BCUT2D eigenvalue weighted by molar-refractivity contribution is 7.98. The van der Waals surface area contributed by atoms with Gasteiger partial charge >= 0.3 is 5.97 Å². The summed E-state index contributed by atoms with van der Waals surface area (Å²) in [6.45, 7) is 3.45. The molecule has 0 heterocycles. The fourth-order valence-corrected chi connectivity index (χ4v) is 3.10. The maximum absolute atomic E-state index is 12.5. The Labute approximate surface area is 175 Å². The molecule has 2 aromatic carbocycles. The van der Waals surface area contributed by atoms with Gasteiger partial charge in [-0.1, -0.05) is 30.3 Å². The second-order valence-corrected chi connectivity index (χ2v) is 7.56. The average Bonchev–Trinajstić information content (AvgIpc) is 2.73. The number of nitrogens with one attached hydrogen (secondary N) is 2. The van der Waals surface area contributed by atoms with Gasteiger partial charge in [-0.05, 0) is 61.6 Å². The van der Waals surface area contributed by atoms with Crippen LogP contribution in [0.1, 0.15) is 27.9 Å². The Balaban J connectivity index is 1.93. The van der Waals surface area contributed by atoms with Crippen LogP contribution in [0.25, 0.3) is 0 Å². The Morgan fingerprint density at radius 2 is 1.76 bits per heavy atom. The van der Waals surface area contributed by atoms with Gasteiger partial charge in [0.1, 0.15) is 6.04 Å². The van der Waals surface area contributed by atoms with Crippen LogP contribution < -0.4 is 10.6 Å². The van der Waals surface area contributed by atoms with Crippen molar-refractivity contribution in [2.24, 2.45) is 0 Å². The van der Waals surface area contributed by atoms with E-state index < -0.39 is 24.5 Å². The predicted molar refractivity (Wildman–Crippen MR) is 116 cm³/mol. The van der Waals surface area contributed by atoms with Crippen LogP contribution >= 0.6 is 11.8 Å². The van der Waals surface area contributed by atoms with Crippen molar-refractivity contribution in [1.82, 2.24) is 5.32 Å². The van der Waals surface area contributed by atoms with E-state index in [2.05, 4.69) is 10.6 Å². The van der Waals surface area contributed by atoms with Gasteiger partial charge in [0.15, 0.2) is 6.61 Å². The molecule has 0 aliphatic rings. The highest BCUT2D eigenvalue weighted by atomic mass is 32.2. The van der Waals surface area contributed by atoms with Crippen molar-refractivity contribution in [2.45, 2.75) is 26.3 Å². The molecule has 0 saturated heterocycles. The van der Waals surface area contributed by atoms with Crippen molar-refractivity contribution in [3.8, 4) is 0 Å². The number of carbonyl (C=O) groups is 3. The van der Waals surface area contributed by atoms with Crippen LogP contribution in [-0.2, 0) is 14.3 Å². The number of hydrogen-bond acceptors (Lipinski definition) is 5. The molecule has 0 unspecified atom stereocenters. The Kier molecular flexibility index (Phi) is 8.73. The van der Waals surface area contributed by atoms with E-state index in [-0.39, 0.29) is 5.91 Å². The number of aryl methyl sites for hydroxylation is 1. The molecule has 0 saturated carbocycles. The van der Waals surface area contributed by atoms with Crippen LogP contribution in [0.5, 0.6) is 0 Å². The first-order valence-corrected chi connectivity index (χ1v) is 10.7. The molecular weight excluding hydrogens is 388 g/mol. The zero-order chi connectivity index (χ0) is 21.2. The van der Waals surface area contributed by atoms with E-state index in [1.807, 2.05) is 38.3 Å². The number of amides is 2. The summed E-state index contributed by atoms with van der Waals surface area (Å²) in [6.07, 6.45) is 2.33. The van der Waals surface area contributed by atoms with Crippen molar-refractivity contribution in [3.63, 3.8) is 0 Å². The number of ether oxygens (including phenoxy) is 1. The number of thioether (sulfide) groups is 1. The van der Waals surface area contributed by atoms with Crippen molar-refractivity contribution in [3.05, 3.63) is 65.2 Å². The molecule has 1 atom stereocenters. The molecule has 0 spiro atoms. The third kappa shape index (κ3) is 6.94. The molecule has 2 N–H and O–H groups in total. The first-order valence-electron chi connectivity index (χ1n) is 9.30. The van der Waals surface area contributed by atoms with Crippen molar-refractivity contribution < 1.29 is 19.1 Å². The molecule has 0 aliphatic carbocycles. The second-order valence-electron chi connectivity index (χ2n) is 6.58. The molecule has 2 rings (SSSR count). The summed E-state index contributed by atoms with van der Waals surface area (Å²) in [4.78, 5) is 37.0. The lowest BCUT2D eigenvalue weighted by Gasteiger charge is -2.17. The summed E-state index contributed by atoms with van der Waals surface area (Å²) in [5, 5.41) is 5.45. The van der Waals surface area contributed by atoms with Crippen LogP contribution in [0.3, 0.4) is 0 Å². The average molecular weight is 415 g/mol. The van der Waals surface area contributed by atoms with Crippen LogP contribution in [0.15, 0.2) is 48.5 Å². The lowest BCUT2D eigenvalue weighted by Crippen LogP contribution is -2.43. The van der Waals surface area contributed by atoms with E-state index in [1.54, 1.807) is 42.1 Å². The van der Waals surface area contributed by atoms with E-state index in [0.29, 0.717) is 23.4 Å². The van der Waals surface area contributed by atoms with Gasteiger partial charge in [-0.3, -0.25) is 9.59 Å². The highest BCUT2D eigenvalue weighted by Crippen LogP contribution is 2.17. The Hall–Kier alpha value is -2.80. The fraction of sp³-hybridized carbons (Fsp3) is 0.318. The van der Waals surface area contributed by atoms with Crippen LogP contribution in [0.4, 0.5) is 5.69 Å². The van der Waals surface area contributed by atoms with Gasteiger partial charge in [-0.2, -0.15) is 11.8 Å². The largest absolute Gasteiger partial charge is 0.454 e. The van der Waals surface area contributed by atoms with E-state index >= 15 is 0 Å². The maximum atomic E-state index is 12.5. The Morgan fingerprint density at radius 3 is 2.45 bits per heavy atom. The monoisotopic (exact) mass is 414 g/mol. The summed E-state index contributed by atoms with van der Waals surface area (Å²) in [7, 11) is 0. The molecule has 154 valence electrons. The molecule has 0 aliphatic heterocycles. The maximum Gasteiger partial charge on any atom is 0.329 e. The van der Waals surface area contributed by atoms with Gasteiger partial charge in [0, 0.05) is 11.3 Å². The van der Waals surface area contributed by atoms with Gasteiger partial charge < -0.3 is 15.4 Å². The summed E-state index contributed by atoms with van der Waals surface area (Å²) < 4.78 is 5.17. The topological polar surface area (TPSA) is 84.5 Å². The van der Waals surface area contributed by atoms with Gasteiger partial charge in [-0.15, -0.1) is 0 Å². The Morgan fingerprint density at radius 1 is 1.03 bits per heavy atom. The van der Waals surface area contributed by atoms with Gasteiger partial charge in [0.25, 0.3) is 11.8 Å². The number of hydrogen-bond donors (Lipinski definition) is 2. The van der Waals surface area contributed by atoms with Crippen molar-refractivity contribution >= 4 is 35.2 Å². The zero-order valence-corrected chi connectivity index (χ0v) is 17.7. The number of carbonyl (C=O) groups excluding carboxylic acids is 3. The van der Waals surface area contributed by atoms with Crippen molar-refractivity contribution in [2.75, 3.05) is 23.9 Å². The summed E-state index contributed by atoms with van der Waals surface area (Å²) in [6, 6.07) is 13.4. The first-order chi connectivity index (χ1) is 13.9. The molecule has 29 heavy (non-hydrogen) atoms. The lowest BCUT2D eigenvalue weighted by molar-refractivity contribution is -0.149. The normalized spacial score (nSPS) is 11.4. The summed E-state index contributed by atoms with van der Waals surface area (Å²) in [5.74, 6) is -0.734. The van der Waals surface area contributed by atoms with E-state index in [1.165, 1.54) is 0 Å². The predicted octanol–water partition coefficient (Wildman–Crippen LogP) is 3.34. The minimum absolute atomic E-state index is 0.353. The zero-order valence-electron chi connectivity index (χ0n) is 16.9. The summed E-state index contributed by atoms with van der Waals surface area (Å²) in [5.41, 5.74) is 3.16. The van der Waals surface area contributed by atoms with Gasteiger partial charge in [0.2, 0.25) is 0 Å². The molecule has 2 aromatic rings. The minimum Gasteiger partial charge on any atom is -0.454 e. The first kappa shape index (κ1) is 22.5. The number of rotatable bonds is 9. The van der Waals surface area contributed by atoms with Gasteiger partial charge in [0.05, 0.1) is 0 Å². The number of anilines is 1. The van der Waals surface area contributed by atoms with Gasteiger partial charge in [-0.25, -0.2) is 4.79 Å². The van der Waals surface area contributed by atoms with Crippen molar-refractivity contribution in [1.29, 1.82) is 0 Å². The van der Waals surface area contributed by atoms with E-state index in [0.717, 1.165) is 11.1 Å².